The standard InChI is InChI=1S/C4H9O.3C2H6N.Sn/c1-3-5-4-2;3*1-3-2;/h3H,4H2,1-2H3;3*1-2H3;/q;3*-1;+3. The van der Waals surface area contributed by atoms with Gasteiger partial charge in [-0.25, -0.2) is 0 Å². The van der Waals surface area contributed by atoms with Crippen LogP contribution in [0.2, 0.25) is 0 Å². The molecule has 1 atom stereocenters. The van der Waals surface area contributed by atoms with Gasteiger partial charge in [0.15, 0.2) is 0 Å². The molecule has 15 heavy (non-hydrogen) atoms. The molecule has 0 saturated carbocycles. The Kier molecular flexibility index (Phi) is 6.66. The van der Waals surface area contributed by atoms with Gasteiger partial charge in [0.2, 0.25) is 0 Å². The van der Waals surface area contributed by atoms with Crippen molar-refractivity contribution in [1.82, 2.24) is 9.36 Å². The van der Waals surface area contributed by atoms with Crippen molar-refractivity contribution in [2.24, 2.45) is 0 Å². The molecule has 0 rings (SSSR count). The molecule has 0 heterocycles. The van der Waals surface area contributed by atoms with E-state index in [9.17, 15) is 0 Å². The van der Waals surface area contributed by atoms with E-state index in [1.165, 1.54) is 0 Å². The first-order valence-electron chi connectivity index (χ1n) is 5.45. The first-order chi connectivity index (χ1) is 6.81. The van der Waals surface area contributed by atoms with Crippen LogP contribution >= 0.6 is 0 Å². The molecular weight excluding hydrogens is 297 g/mol. The molecule has 92 valence electrons. The van der Waals surface area contributed by atoms with E-state index in [0.717, 1.165) is 6.61 Å². The SMILES string of the molecule is CCO[CH](C)[Sn]([N](C)C)([N](C)C)[N](C)C. The van der Waals surface area contributed by atoms with E-state index in [1.807, 2.05) is 0 Å². The van der Waals surface area contributed by atoms with Gasteiger partial charge in [-0.2, -0.15) is 0 Å². The van der Waals surface area contributed by atoms with Crippen molar-refractivity contribution >= 4 is 19.2 Å². The molecule has 0 aromatic rings. The molecule has 0 aliphatic heterocycles. The summed E-state index contributed by atoms with van der Waals surface area (Å²) in [6.07, 6.45) is 0. The molecule has 0 fully saturated rings. The van der Waals surface area contributed by atoms with Crippen LogP contribution in [0.4, 0.5) is 0 Å². The molecule has 0 aromatic carbocycles. The normalized spacial score (nSPS) is 15.4. The summed E-state index contributed by atoms with van der Waals surface area (Å²) in [6.45, 7) is 5.06. The van der Waals surface area contributed by atoms with Crippen LogP contribution in [0.15, 0.2) is 0 Å². The maximum absolute atomic E-state index is 5.86. The predicted octanol–water partition coefficient (Wildman–Crippen LogP) is 0.574. The maximum atomic E-state index is 5.86. The van der Waals surface area contributed by atoms with E-state index in [0.29, 0.717) is 4.12 Å². The zero-order chi connectivity index (χ0) is 12.2. The van der Waals surface area contributed by atoms with Gasteiger partial charge < -0.3 is 0 Å². The second-order valence-electron chi connectivity index (χ2n) is 4.47. The number of hydrogen-bond acceptors (Lipinski definition) is 4. The summed E-state index contributed by atoms with van der Waals surface area (Å²) in [4.78, 5) is 0. The van der Waals surface area contributed by atoms with Gasteiger partial charge in [-0.3, -0.25) is 0 Å². The molecular formula is C10H27N3OSn. The van der Waals surface area contributed by atoms with Crippen molar-refractivity contribution in [3.8, 4) is 0 Å². The average molecular weight is 324 g/mol. The van der Waals surface area contributed by atoms with Crippen molar-refractivity contribution in [2.75, 3.05) is 48.9 Å². The molecule has 0 amide bonds. The molecule has 0 spiro atoms. The second kappa shape index (κ2) is 6.39. The van der Waals surface area contributed by atoms with Gasteiger partial charge in [-0.1, -0.05) is 0 Å². The summed E-state index contributed by atoms with van der Waals surface area (Å²) >= 11 is -2.73. The molecule has 0 aliphatic rings. The van der Waals surface area contributed by atoms with Gasteiger partial charge in [0.1, 0.15) is 0 Å². The number of ether oxygens (including phenoxy) is 1. The Labute approximate surface area is 100 Å². The Morgan fingerprint density at radius 1 is 0.933 bits per heavy atom. The summed E-state index contributed by atoms with van der Waals surface area (Å²) in [5.74, 6) is 0. The zero-order valence-electron chi connectivity index (χ0n) is 11.5. The van der Waals surface area contributed by atoms with Crippen LogP contribution in [0.3, 0.4) is 0 Å². The third-order valence-electron chi connectivity index (χ3n) is 2.94. The van der Waals surface area contributed by atoms with Crippen LogP contribution in [0.1, 0.15) is 13.8 Å². The van der Waals surface area contributed by atoms with E-state index in [2.05, 4.69) is 65.5 Å². The quantitative estimate of drug-likeness (QED) is 0.665. The summed E-state index contributed by atoms with van der Waals surface area (Å²) in [6, 6.07) is 0. The van der Waals surface area contributed by atoms with Crippen LogP contribution < -0.4 is 0 Å². The van der Waals surface area contributed by atoms with Gasteiger partial charge in [0, 0.05) is 0 Å². The number of rotatable bonds is 6. The Balaban J connectivity index is 5.12. The number of nitrogens with zero attached hydrogens (tertiary/aromatic N) is 3. The molecule has 0 bridgehead atoms. The zero-order valence-corrected chi connectivity index (χ0v) is 14.4. The van der Waals surface area contributed by atoms with Gasteiger partial charge in [0.05, 0.1) is 0 Å². The van der Waals surface area contributed by atoms with Crippen LogP contribution in [0.5, 0.6) is 0 Å². The third-order valence-corrected chi connectivity index (χ3v) is 17.8. The van der Waals surface area contributed by atoms with Crippen molar-refractivity contribution in [1.29, 1.82) is 0 Å². The van der Waals surface area contributed by atoms with Crippen molar-refractivity contribution < 1.29 is 4.74 Å². The van der Waals surface area contributed by atoms with Gasteiger partial charge >= 0.3 is 100 Å². The van der Waals surface area contributed by atoms with E-state index in [1.54, 1.807) is 0 Å². The van der Waals surface area contributed by atoms with E-state index < -0.39 is 19.2 Å². The first kappa shape index (κ1) is 15.6. The summed E-state index contributed by atoms with van der Waals surface area (Å²) < 4.78 is 13.4. The molecule has 0 saturated heterocycles. The predicted molar refractivity (Wildman–Crippen MR) is 67.9 cm³/mol. The van der Waals surface area contributed by atoms with Crippen molar-refractivity contribution in [2.45, 2.75) is 18.0 Å². The summed E-state index contributed by atoms with van der Waals surface area (Å²) in [5.41, 5.74) is 0. The van der Waals surface area contributed by atoms with Crippen LogP contribution in [-0.4, -0.2) is 81.6 Å². The molecule has 0 N–H and O–H groups in total. The average Bonchev–Trinajstić information content (AvgIpc) is 2.02. The number of hydrogen-bond donors (Lipinski definition) is 0. The molecule has 5 heteroatoms. The minimum atomic E-state index is -2.73. The van der Waals surface area contributed by atoms with Crippen LogP contribution in [0.25, 0.3) is 0 Å². The molecule has 0 aliphatic carbocycles. The fraction of sp³-hybridized carbons (Fsp3) is 1.00. The Morgan fingerprint density at radius 2 is 1.27 bits per heavy atom. The Bertz CT molecular complexity index is 164. The van der Waals surface area contributed by atoms with Crippen molar-refractivity contribution in [3.63, 3.8) is 0 Å². The molecule has 4 nitrogen and oxygen atoms in total. The first-order valence-corrected chi connectivity index (χ1v) is 10.9. The summed E-state index contributed by atoms with van der Waals surface area (Å²) in [5, 5.41) is 0. The fourth-order valence-corrected chi connectivity index (χ4v) is 16.8. The van der Waals surface area contributed by atoms with Gasteiger partial charge in [-0.05, 0) is 0 Å². The van der Waals surface area contributed by atoms with E-state index >= 15 is 0 Å². The molecule has 1 unspecified atom stereocenters. The van der Waals surface area contributed by atoms with E-state index in [4.69, 9.17) is 4.74 Å². The molecule has 0 radical (unpaired) electrons. The van der Waals surface area contributed by atoms with E-state index in [-0.39, 0.29) is 0 Å². The van der Waals surface area contributed by atoms with Gasteiger partial charge in [-0.15, -0.1) is 0 Å². The van der Waals surface area contributed by atoms with Gasteiger partial charge in [0.25, 0.3) is 0 Å². The topological polar surface area (TPSA) is 19.0 Å². The molecule has 0 aromatic heterocycles. The monoisotopic (exact) mass is 325 g/mol. The fourth-order valence-electron chi connectivity index (χ4n) is 2.65. The third kappa shape index (κ3) is 3.06. The minimum absolute atomic E-state index is 0.323. The van der Waals surface area contributed by atoms with Crippen LogP contribution in [-0.2, 0) is 4.74 Å². The second-order valence-corrected chi connectivity index (χ2v) is 18.4. The van der Waals surface area contributed by atoms with Crippen molar-refractivity contribution in [3.05, 3.63) is 0 Å². The Hall–Kier alpha value is 0.639. The van der Waals surface area contributed by atoms with Crippen LogP contribution in [0, 0.1) is 0 Å². The summed E-state index contributed by atoms with van der Waals surface area (Å²) in [7, 11) is 13.0. The Morgan fingerprint density at radius 3 is 1.47 bits per heavy atom.